The van der Waals surface area contributed by atoms with Gasteiger partial charge in [-0.1, -0.05) is 109 Å². The summed E-state index contributed by atoms with van der Waals surface area (Å²) in [6, 6.07) is 59.2. The Balaban J connectivity index is 1.28. The molecule has 0 aliphatic rings. The van der Waals surface area contributed by atoms with E-state index in [1.165, 1.54) is 30.3 Å². The molecule has 0 atom stereocenters. The third-order valence-electron chi connectivity index (χ3n) is 15.3. The average molecular weight is 1100 g/mol. The van der Waals surface area contributed by atoms with Crippen LogP contribution in [-0.4, -0.2) is 9.13 Å². The number of hydrogen-bond acceptors (Lipinski definition) is 5. The van der Waals surface area contributed by atoms with Crippen molar-refractivity contribution < 1.29 is 13.2 Å². The van der Waals surface area contributed by atoms with E-state index in [9.17, 15) is 26.3 Å². The van der Waals surface area contributed by atoms with Crippen LogP contribution < -0.4 is 0 Å². The van der Waals surface area contributed by atoms with E-state index in [0.29, 0.717) is 88.1 Å². The van der Waals surface area contributed by atoms with Crippen LogP contribution in [0.2, 0.25) is 0 Å². The van der Waals surface area contributed by atoms with Gasteiger partial charge in [0.15, 0.2) is 22.7 Å². The number of hydrogen-bond donors (Lipinski definition) is 0. The van der Waals surface area contributed by atoms with Crippen molar-refractivity contribution in [1.29, 1.82) is 26.3 Å². The minimum absolute atomic E-state index is 0.00575. The zero-order valence-electron chi connectivity index (χ0n) is 44.3. The number of aryl methyl sites for hydroxylation is 1. The molecule has 10 aromatic carbocycles. The highest BCUT2D eigenvalue weighted by atomic mass is 19.4. The van der Waals surface area contributed by atoms with Gasteiger partial charge in [0.1, 0.15) is 11.6 Å². The van der Waals surface area contributed by atoms with E-state index in [4.69, 9.17) is 26.3 Å². The van der Waals surface area contributed by atoms with E-state index in [1.807, 2.05) is 72.8 Å². The first-order valence-electron chi connectivity index (χ1n) is 25.9. The summed E-state index contributed by atoms with van der Waals surface area (Å²) in [5.74, 6) is 0. The Morgan fingerprint density at radius 2 is 0.800 bits per heavy atom. The van der Waals surface area contributed by atoms with Crippen LogP contribution in [-0.2, 0) is 6.18 Å². The molecule has 0 unspecified atom stereocenters. The molecule has 2 heterocycles. The van der Waals surface area contributed by atoms with Crippen LogP contribution in [0.3, 0.4) is 0 Å². The van der Waals surface area contributed by atoms with E-state index < -0.39 is 11.7 Å². The van der Waals surface area contributed by atoms with Crippen LogP contribution in [0, 0.1) is 89.9 Å². The van der Waals surface area contributed by atoms with Gasteiger partial charge in [0, 0.05) is 21.5 Å². The molecule has 11 nitrogen and oxygen atoms in total. The normalized spacial score (nSPS) is 11.0. The lowest BCUT2D eigenvalue weighted by Gasteiger charge is -2.21. The molecule has 0 aliphatic heterocycles. The molecule has 85 heavy (non-hydrogen) atoms. The van der Waals surface area contributed by atoms with Crippen molar-refractivity contribution in [2.45, 2.75) is 13.1 Å². The number of aromatic nitrogens is 2. The number of rotatable bonds is 7. The van der Waals surface area contributed by atoms with Gasteiger partial charge in [-0.2, -0.15) is 39.5 Å². The van der Waals surface area contributed by atoms with Crippen molar-refractivity contribution in [3.63, 3.8) is 0 Å². The summed E-state index contributed by atoms with van der Waals surface area (Å²) in [7, 11) is 0. The molecule has 392 valence electrons. The summed E-state index contributed by atoms with van der Waals surface area (Å²) in [4.78, 5) is 14.6. The third-order valence-corrected chi connectivity index (χ3v) is 15.3. The SMILES string of the molecule is [C-]#[N+]c1ccc(-c2ccc3c4ccc(-c5ccc(C#N)cc5C#N)cc4n(-c4cc(-c5c(C)cccc5C(F)(F)F)cc(-n5c6cc(-c7ccc(C#N)cc7C#N)ccc6c6ccc(-c7ccc([N+]#[C-])cc7[N+]#[C-])cc65)c4C#N)c3c2)c([N+]#[C-])c1. The maximum Gasteiger partial charge on any atom is 0.417 e. The molecule has 0 spiro atoms. The van der Waals surface area contributed by atoms with Crippen molar-refractivity contribution in [3.05, 3.63) is 261 Å². The van der Waals surface area contributed by atoms with Gasteiger partial charge in [0.05, 0.1) is 112 Å². The lowest BCUT2D eigenvalue weighted by Crippen LogP contribution is -2.10. The summed E-state index contributed by atoms with van der Waals surface area (Å²) in [5.41, 5.74) is 7.39. The maximum absolute atomic E-state index is 15.7. The van der Waals surface area contributed by atoms with Gasteiger partial charge in [-0.05, 0) is 135 Å². The van der Waals surface area contributed by atoms with E-state index in [2.05, 4.69) is 49.7 Å². The van der Waals surface area contributed by atoms with Gasteiger partial charge in [0.2, 0.25) is 0 Å². The first kappa shape index (κ1) is 52.7. The average Bonchev–Trinajstić information content (AvgIpc) is 1.87. The van der Waals surface area contributed by atoms with Gasteiger partial charge >= 0.3 is 6.18 Å². The summed E-state index contributed by atoms with van der Waals surface area (Å²) < 4.78 is 50.7. The Bertz CT molecular complexity index is 4820. The number of halogens is 3. The van der Waals surface area contributed by atoms with E-state index in [1.54, 1.807) is 82.8 Å². The number of alkyl halides is 3. The van der Waals surface area contributed by atoms with Crippen molar-refractivity contribution in [3.8, 4) is 97.4 Å². The fraction of sp³-hybridized carbons (Fsp3) is 0.0282. The van der Waals surface area contributed by atoms with E-state index >= 15 is 13.2 Å². The van der Waals surface area contributed by atoms with Crippen molar-refractivity contribution in [2.75, 3.05) is 0 Å². The molecule has 0 saturated carbocycles. The first-order valence-corrected chi connectivity index (χ1v) is 25.9. The van der Waals surface area contributed by atoms with Gasteiger partial charge in [0.25, 0.3) is 0 Å². The third kappa shape index (κ3) is 8.71. The molecule has 0 aliphatic carbocycles. The Hall–Kier alpha value is -13.0. The molecule has 2 aromatic heterocycles. The quantitative estimate of drug-likeness (QED) is 0.146. The lowest BCUT2D eigenvalue weighted by atomic mass is 9.92. The highest BCUT2D eigenvalue weighted by molar-refractivity contribution is 6.14. The summed E-state index contributed by atoms with van der Waals surface area (Å²) in [6.07, 6.45) is -4.87. The number of fused-ring (bicyclic) bond motifs is 6. The predicted molar refractivity (Wildman–Crippen MR) is 321 cm³/mol. The Labute approximate surface area is 483 Å². The zero-order valence-corrected chi connectivity index (χ0v) is 44.3. The second kappa shape index (κ2) is 20.6. The molecular formula is C71H32F3N11. The molecule has 0 amide bonds. The van der Waals surface area contributed by atoms with E-state index in [0.717, 1.165) is 6.07 Å². The minimum Gasteiger partial charge on any atom is -0.308 e. The fourth-order valence-electron chi connectivity index (χ4n) is 11.5. The smallest absolute Gasteiger partial charge is 0.308 e. The van der Waals surface area contributed by atoms with Crippen molar-refractivity contribution in [2.24, 2.45) is 0 Å². The lowest BCUT2D eigenvalue weighted by molar-refractivity contribution is -0.137. The van der Waals surface area contributed by atoms with Crippen LogP contribution in [0.4, 0.5) is 35.9 Å². The van der Waals surface area contributed by atoms with Crippen LogP contribution in [0.1, 0.15) is 38.9 Å². The van der Waals surface area contributed by atoms with Crippen LogP contribution in [0.5, 0.6) is 0 Å². The Kier molecular flexibility index (Phi) is 12.8. The highest BCUT2D eigenvalue weighted by Crippen LogP contribution is 2.47. The zero-order chi connectivity index (χ0) is 59.4. The molecule has 0 fully saturated rings. The number of nitriles is 5. The van der Waals surface area contributed by atoms with Crippen molar-refractivity contribution >= 4 is 66.4 Å². The van der Waals surface area contributed by atoms with Gasteiger partial charge in [-0.15, -0.1) is 0 Å². The van der Waals surface area contributed by atoms with Crippen LogP contribution in [0.15, 0.2) is 176 Å². The standard InChI is InChI=1S/C71H32F3N11/c1-40-7-6-8-61(71(72,73)74)70(40)47-31-68(84-64-27-43(52-17-9-41(35-75)25-48(52)37-77)11-19-56(64)58-21-13-45(29-66(58)84)54-23-15-50(80-2)33-62(54)82-4)60(39-79)69(32-47)85-65-28-44(53-18-10-42(36-76)26-49(53)38-78)12-20-57(65)59-22-14-46(30-67(59)85)55-24-16-51(81-3)34-63(55)83-5/h6-34H,1H3. The highest BCUT2D eigenvalue weighted by Gasteiger charge is 2.35. The molecule has 0 radical (unpaired) electrons. The molecule has 0 N–H and O–H groups in total. The number of benzene rings is 10. The Morgan fingerprint density at radius 1 is 0.400 bits per heavy atom. The molecular weight excluding hydrogens is 1060 g/mol. The second-order valence-electron chi connectivity index (χ2n) is 19.9. The fourth-order valence-corrected chi connectivity index (χ4v) is 11.5. The van der Waals surface area contributed by atoms with E-state index in [-0.39, 0.29) is 78.6 Å². The molecule has 0 saturated heterocycles. The van der Waals surface area contributed by atoms with Crippen molar-refractivity contribution in [1.82, 2.24) is 9.13 Å². The predicted octanol–water partition coefficient (Wildman–Crippen LogP) is 19.1. The Morgan fingerprint density at radius 3 is 1.15 bits per heavy atom. The monoisotopic (exact) mass is 1100 g/mol. The second-order valence-corrected chi connectivity index (χ2v) is 19.9. The summed E-state index contributed by atoms with van der Waals surface area (Å²) in [6.45, 7) is 33.2. The van der Waals surface area contributed by atoms with Gasteiger partial charge in [-0.3, -0.25) is 0 Å². The number of nitrogens with zero attached hydrogens (tertiary/aromatic N) is 11. The summed E-state index contributed by atoms with van der Waals surface area (Å²) >= 11 is 0. The largest absolute Gasteiger partial charge is 0.417 e. The van der Waals surface area contributed by atoms with Gasteiger partial charge in [-0.25, -0.2) is 19.4 Å². The first-order chi connectivity index (χ1) is 41.3. The summed E-state index contributed by atoms with van der Waals surface area (Å²) in [5, 5.41) is 55.2. The topological polar surface area (TPSA) is 146 Å². The van der Waals surface area contributed by atoms with Gasteiger partial charge < -0.3 is 9.13 Å². The molecule has 14 heteroatoms. The minimum atomic E-state index is -4.87. The van der Waals surface area contributed by atoms with Crippen LogP contribution in [0.25, 0.3) is 130 Å². The molecule has 12 aromatic rings. The molecule has 0 bridgehead atoms. The maximum atomic E-state index is 15.7. The van der Waals surface area contributed by atoms with Crippen LogP contribution >= 0.6 is 0 Å². The molecule has 12 rings (SSSR count).